The number of carbonyl (C=O) groups is 2. The molecule has 6 heteroatoms. The highest BCUT2D eigenvalue weighted by atomic mass is 16.5. The molecule has 1 amide bonds. The van der Waals surface area contributed by atoms with Crippen LogP contribution in [0.15, 0.2) is 85.5 Å². The van der Waals surface area contributed by atoms with Crippen molar-refractivity contribution in [2.75, 3.05) is 11.9 Å². The quantitative estimate of drug-likeness (QED) is 0.530. The molecule has 0 saturated heterocycles. The number of hydrogen-bond acceptors (Lipinski definition) is 4. The lowest BCUT2D eigenvalue weighted by atomic mass is 10.1. The summed E-state index contributed by atoms with van der Waals surface area (Å²) >= 11 is 0. The minimum absolute atomic E-state index is 0.0290. The summed E-state index contributed by atoms with van der Waals surface area (Å²) in [5.41, 5.74) is 0.649. The summed E-state index contributed by atoms with van der Waals surface area (Å²) in [7, 11) is 0. The molecule has 29 heavy (non-hydrogen) atoms. The summed E-state index contributed by atoms with van der Waals surface area (Å²) in [4.78, 5) is 23.7. The molecule has 0 unspecified atom stereocenters. The van der Waals surface area contributed by atoms with Gasteiger partial charge in [0.25, 0.3) is 5.91 Å². The Hall–Kier alpha value is -4.06. The van der Waals surface area contributed by atoms with Gasteiger partial charge >= 0.3 is 5.97 Å². The number of benzene rings is 3. The summed E-state index contributed by atoms with van der Waals surface area (Å²) in [5, 5.41) is 11.8. The molecule has 0 saturated carbocycles. The Balaban J connectivity index is 1.65. The fraction of sp³-hybridized carbons (Fsp3) is 0.0435. The zero-order valence-electron chi connectivity index (χ0n) is 15.5. The summed E-state index contributed by atoms with van der Waals surface area (Å²) in [6, 6.07) is 19.9. The molecule has 0 aromatic heterocycles. The molecular weight excluding hydrogens is 370 g/mol. The molecule has 6 nitrogen and oxygen atoms in total. The average Bonchev–Trinajstić information content (AvgIpc) is 2.74. The number of rotatable bonds is 8. The van der Waals surface area contributed by atoms with Gasteiger partial charge in [0.1, 0.15) is 23.9 Å². The standard InChI is InChI=1S/C23H19NO5/c1-2-15-28-17-11-13-19(14-12-17)29-18-9-7-16(8-10-18)22(25)24-21-6-4-3-5-20(21)23(26)27/h2-14H,1,15H2,(H,24,25)(H,26,27). The Morgan fingerprint density at radius 1 is 0.897 bits per heavy atom. The molecule has 0 bridgehead atoms. The van der Waals surface area contributed by atoms with Crippen LogP contribution in [-0.2, 0) is 0 Å². The highest BCUT2D eigenvalue weighted by molar-refractivity contribution is 6.07. The van der Waals surface area contributed by atoms with E-state index in [0.29, 0.717) is 29.4 Å². The van der Waals surface area contributed by atoms with Crippen LogP contribution in [0.3, 0.4) is 0 Å². The molecule has 2 N–H and O–H groups in total. The van der Waals surface area contributed by atoms with Gasteiger partial charge in [0.05, 0.1) is 11.3 Å². The number of carboxylic acid groups (broad SMARTS) is 1. The Labute approximate surface area is 168 Å². The normalized spacial score (nSPS) is 10.1. The number of nitrogens with one attached hydrogen (secondary N) is 1. The highest BCUT2D eigenvalue weighted by Gasteiger charge is 2.13. The Kier molecular flexibility index (Phi) is 6.27. The van der Waals surface area contributed by atoms with Gasteiger partial charge in [0, 0.05) is 5.56 Å². The van der Waals surface area contributed by atoms with E-state index >= 15 is 0 Å². The van der Waals surface area contributed by atoms with Crippen LogP contribution >= 0.6 is 0 Å². The molecule has 0 fully saturated rings. The lowest BCUT2D eigenvalue weighted by molar-refractivity contribution is 0.0698. The number of ether oxygens (including phenoxy) is 2. The van der Waals surface area contributed by atoms with Crippen molar-refractivity contribution in [2.45, 2.75) is 0 Å². The molecule has 0 atom stereocenters. The van der Waals surface area contributed by atoms with E-state index in [0.717, 1.165) is 0 Å². The van der Waals surface area contributed by atoms with E-state index in [-0.39, 0.29) is 11.3 Å². The number of carboxylic acids is 1. The fourth-order valence-corrected chi connectivity index (χ4v) is 2.54. The van der Waals surface area contributed by atoms with E-state index in [1.165, 1.54) is 6.07 Å². The molecule has 3 rings (SSSR count). The van der Waals surface area contributed by atoms with E-state index in [1.807, 2.05) is 0 Å². The first-order valence-electron chi connectivity index (χ1n) is 8.82. The highest BCUT2D eigenvalue weighted by Crippen LogP contribution is 2.24. The molecular formula is C23H19NO5. The van der Waals surface area contributed by atoms with Crippen molar-refractivity contribution in [2.24, 2.45) is 0 Å². The number of carbonyl (C=O) groups excluding carboxylic acids is 1. The first-order valence-corrected chi connectivity index (χ1v) is 8.82. The van der Waals surface area contributed by atoms with Gasteiger partial charge in [0.2, 0.25) is 0 Å². The van der Waals surface area contributed by atoms with Gasteiger partial charge in [0.15, 0.2) is 0 Å². The van der Waals surface area contributed by atoms with Gasteiger partial charge in [-0.15, -0.1) is 0 Å². The number of para-hydroxylation sites is 1. The maximum Gasteiger partial charge on any atom is 0.337 e. The van der Waals surface area contributed by atoms with Crippen LogP contribution in [0.2, 0.25) is 0 Å². The minimum Gasteiger partial charge on any atom is -0.490 e. The SMILES string of the molecule is C=CCOc1ccc(Oc2ccc(C(=O)Nc3ccccc3C(=O)O)cc2)cc1. The number of hydrogen-bond donors (Lipinski definition) is 2. The lowest BCUT2D eigenvalue weighted by Crippen LogP contribution is -2.14. The second-order valence-electron chi connectivity index (χ2n) is 6.00. The first kappa shape index (κ1) is 19.7. The maximum atomic E-state index is 12.4. The topological polar surface area (TPSA) is 84.9 Å². The third-order valence-electron chi connectivity index (χ3n) is 3.95. The smallest absolute Gasteiger partial charge is 0.337 e. The molecule has 0 aliphatic rings. The van der Waals surface area contributed by atoms with Crippen LogP contribution < -0.4 is 14.8 Å². The Morgan fingerprint density at radius 3 is 2.10 bits per heavy atom. The molecule has 3 aromatic rings. The number of anilines is 1. The first-order chi connectivity index (χ1) is 14.1. The van der Waals surface area contributed by atoms with Crippen LogP contribution in [0.4, 0.5) is 5.69 Å². The molecule has 0 radical (unpaired) electrons. The molecule has 0 aliphatic heterocycles. The van der Waals surface area contributed by atoms with Crippen LogP contribution in [-0.4, -0.2) is 23.6 Å². The van der Waals surface area contributed by atoms with Gasteiger partial charge in [-0.25, -0.2) is 4.79 Å². The van der Waals surface area contributed by atoms with Crippen molar-refractivity contribution in [1.29, 1.82) is 0 Å². The van der Waals surface area contributed by atoms with Crippen molar-refractivity contribution in [3.8, 4) is 17.2 Å². The van der Waals surface area contributed by atoms with E-state index in [4.69, 9.17) is 9.47 Å². The maximum absolute atomic E-state index is 12.4. The van der Waals surface area contributed by atoms with E-state index in [9.17, 15) is 14.7 Å². The molecule has 0 spiro atoms. The van der Waals surface area contributed by atoms with Gasteiger partial charge < -0.3 is 19.9 Å². The van der Waals surface area contributed by atoms with Crippen LogP contribution in [0, 0.1) is 0 Å². The van der Waals surface area contributed by atoms with Gasteiger partial charge in [-0.05, 0) is 60.7 Å². The van der Waals surface area contributed by atoms with Crippen molar-refractivity contribution in [3.63, 3.8) is 0 Å². The summed E-state index contributed by atoms with van der Waals surface area (Å²) in [5.74, 6) is 0.390. The van der Waals surface area contributed by atoms with Crippen molar-refractivity contribution in [1.82, 2.24) is 0 Å². The van der Waals surface area contributed by atoms with Crippen molar-refractivity contribution >= 4 is 17.6 Å². The number of amides is 1. The molecule has 0 heterocycles. The second kappa shape index (κ2) is 9.23. The van der Waals surface area contributed by atoms with E-state index in [1.54, 1.807) is 72.8 Å². The number of aromatic carboxylic acids is 1. The monoisotopic (exact) mass is 389 g/mol. The minimum atomic E-state index is -1.11. The van der Waals surface area contributed by atoms with Crippen molar-refractivity contribution in [3.05, 3.63) is 96.6 Å². The summed E-state index contributed by atoms with van der Waals surface area (Å²) in [6.45, 7) is 4.03. The van der Waals surface area contributed by atoms with Crippen molar-refractivity contribution < 1.29 is 24.2 Å². The van der Waals surface area contributed by atoms with Gasteiger partial charge in [-0.1, -0.05) is 24.8 Å². The average molecular weight is 389 g/mol. The van der Waals surface area contributed by atoms with Gasteiger partial charge in [-0.2, -0.15) is 0 Å². The summed E-state index contributed by atoms with van der Waals surface area (Å²) in [6.07, 6.45) is 1.67. The molecule has 0 aliphatic carbocycles. The van der Waals surface area contributed by atoms with Gasteiger partial charge in [-0.3, -0.25) is 4.79 Å². The second-order valence-corrected chi connectivity index (χ2v) is 6.00. The Morgan fingerprint density at radius 2 is 1.48 bits per heavy atom. The molecule has 146 valence electrons. The zero-order chi connectivity index (χ0) is 20.6. The van der Waals surface area contributed by atoms with E-state index in [2.05, 4.69) is 11.9 Å². The third-order valence-corrected chi connectivity index (χ3v) is 3.95. The third kappa shape index (κ3) is 5.23. The van der Waals surface area contributed by atoms with Crippen LogP contribution in [0.25, 0.3) is 0 Å². The Bertz CT molecular complexity index is 1010. The summed E-state index contributed by atoms with van der Waals surface area (Å²) < 4.78 is 11.2. The van der Waals surface area contributed by atoms with Crippen LogP contribution in [0.1, 0.15) is 20.7 Å². The van der Waals surface area contributed by atoms with E-state index < -0.39 is 11.9 Å². The molecule has 3 aromatic carbocycles. The zero-order valence-corrected chi connectivity index (χ0v) is 15.5. The van der Waals surface area contributed by atoms with Crippen LogP contribution in [0.5, 0.6) is 17.2 Å². The predicted molar refractivity (Wildman–Crippen MR) is 110 cm³/mol. The largest absolute Gasteiger partial charge is 0.490 e. The fourth-order valence-electron chi connectivity index (χ4n) is 2.54. The predicted octanol–water partition coefficient (Wildman–Crippen LogP) is 4.99. The lowest BCUT2D eigenvalue weighted by Gasteiger charge is -2.10.